The summed E-state index contributed by atoms with van der Waals surface area (Å²) in [6.07, 6.45) is 1.56. The number of carbonyl (C=O) groups excluding carboxylic acids is 1. The molecule has 114 valence electrons. The van der Waals surface area contributed by atoms with Crippen LogP contribution in [0.5, 0.6) is 0 Å². The molecule has 2 aromatic carbocycles. The van der Waals surface area contributed by atoms with Gasteiger partial charge in [-0.15, -0.1) is 0 Å². The van der Waals surface area contributed by atoms with Crippen LogP contribution in [-0.4, -0.2) is 18.7 Å². The fourth-order valence-corrected chi connectivity index (χ4v) is 2.04. The number of hydrogen-bond acceptors (Lipinski definition) is 3. The third-order valence-electron chi connectivity index (χ3n) is 2.85. The highest BCUT2D eigenvalue weighted by atomic mass is 35.5. The van der Waals surface area contributed by atoms with E-state index < -0.39 is 0 Å². The Balaban J connectivity index is 1.86. The number of oxime groups is 1. The van der Waals surface area contributed by atoms with Gasteiger partial charge in [0, 0.05) is 5.02 Å². The Bertz CT molecular complexity index is 702. The molecule has 0 radical (unpaired) electrons. The monoisotopic (exact) mass is 336 g/mol. The molecule has 0 saturated carbocycles. The van der Waals surface area contributed by atoms with E-state index in [1.54, 1.807) is 24.4 Å². The zero-order chi connectivity index (χ0) is 15.9. The van der Waals surface area contributed by atoms with Gasteiger partial charge in [0.05, 0.1) is 16.9 Å². The Morgan fingerprint density at radius 1 is 1.27 bits per heavy atom. The van der Waals surface area contributed by atoms with Gasteiger partial charge in [0.1, 0.15) is 0 Å². The van der Waals surface area contributed by atoms with Crippen LogP contribution in [-0.2, 0) is 9.63 Å². The lowest BCUT2D eigenvalue weighted by atomic mass is 10.1. The molecular formula is C16H14Cl2N2O2. The Hall–Kier alpha value is -2.04. The van der Waals surface area contributed by atoms with Gasteiger partial charge in [0.15, 0.2) is 6.61 Å². The topological polar surface area (TPSA) is 50.7 Å². The van der Waals surface area contributed by atoms with Gasteiger partial charge in [-0.1, -0.05) is 52.6 Å². The van der Waals surface area contributed by atoms with Crippen LogP contribution in [0.25, 0.3) is 0 Å². The Morgan fingerprint density at radius 3 is 2.82 bits per heavy atom. The van der Waals surface area contributed by atoms with Crippen LogP contribution in [0.1, 0.15) is 11.1 Å². The van der Waals surface area contributed by atoms with Gasteiger partial charge < -0.3 is 10.2 Å². The van der Waals surface area contributed by atoms with E-state index in [9.17, 15) is 4.79 Å². The number of rotatable bonds is 5. The minimum absolute atomic E-state index is 0.217. The second kappa shape index (κ2) is 7.82. The number of aryl methyl sites for hydroxylation is 1. The summed E-state index contributed by atoms with van der Waals surface area (Å²) in [7, 11) is 0. The molecule has 0 aliphatic rings. The molecule has 0 aliphatic carbocycles. The summed E-state index contributed by atoms with van der Waals surface area (Å²) in [5.74, 6) is -0.369. The normalized spacial score (nSPS) is 10.7. The van der Waals surface area contributed by atoms with E-state index in [4.69, 9.17) is 28.0 Å². The van der Waals surface area contributed by atoms with Crippen molar-refractivity contribution < 1.29 is 9.63 Å². The molecule has 0 unspecified atom stereocenters. The third-order valence-corrected chi connectivity index (χ3v) is 3.42. The summed E-state index contributed by atoms with van der Waals surface area (Å²) in [6.45, 7) is 1.75. The maximum absolute atomic E-state index is 11.7. The fraction of sp³-hybridized carbons (Fsp3) is 0.125. The molecule has 0 bridgehead atoms. The third kappa shape index (κ3) is 4.76. The predicted molar refractivity (Wildman–Crippen MR) is 89.8 cm³/mol. The lowest BCUT2D eigenvalue weighted by Crippen LogP contribution is -2.17. The number of anilines is 1. The molecule has 0 heterocycles. The molecule has 0 spiro atoms. The predicted octanol–water partition coefficient (Wildman–Crippen LogP) is 4.29. The molecule has 2 aromatic rings. The second-order valence-electron chi connectivity index (χ2n) is 4.54. The quantitative estimate of drug-likeness (QED) is 0.654. The molecule has 6 heteroatoms. The van der Waals surface area contributed by atoms with E-state index in [0.717, 1.165) is 11.1 Å². The molecule has 4 nitrogen and oxygen atoms in total. The molecule has 0 saturated heterocycles. The molecule has 1 N–H and O–H groups in total. The minimum Gasteiger partial charge on any atom is -0.386 e. The number of carbonyl (C=O) groups is 1. The van der Waals surface area contributed by atoms with Crippen LogP contribution in [0.15, 0.2) is 47.6 Å². The summed E-state index contributed by atoms with van der Waals surface area (Å²) in [5.41, 5.74) is 2.44. The maximum Gasteiger partial charge on any atom is 0.265 e. The van der Waals surface area contributed by atoms with Gasteiger partial charge in [-0.25, -0.2) is 0 Å². The highest BCUT2D eigenvalue weighted by Gasteiger charge is 2.06. The van der Waals surface area contributed by atoms with Gasteiger partial charge in [-0.2, -0.15) is 0 Å². The molecule has 22 heavy (non-hydrogen) atoms. The number of hydrogen-bond donors (Lipinski definition) is 1. The summed E-state index contributed by atoms with van der Waals surface area (Å²) in [4.78, 5) is 16.7. The number of benzene rings is 2. The van der Waals surface area contributed by atoms with Gasteiger partial charge in [-0.05, 0) is 36.2 Å². The smallest absolute Gasteiger partial charge is 0.265 e. The van der Waals surface area contributed by atoms with Crippen molar-refractivity contribution in [2.45, 2.75) is 6.92 Å². The molecule has 1 amide bonds. The second-order valence-corrected chi connectivity index (χ2v) is 5.38. The zero-order valence-electron chi connectivity index (χ0n) is 11.8. The standard InChI is InChI=1S/C16H14Cl2N2O2/c1-11-4-2-3-5-12(11)9-19-22-10-16(21)20-15-8-13(17)6-7-14(15)18/h2-9H,10H2,1H3,(H,20,21)/b19-9-. The van der Waals surface area contributed by atoms with E-state index in [1.807, 2.05) is 31.2 Å². The molecule has 0 aliphatic heterocycles. The Kier molecular flexibility index (Phi) is 5.81. The highest BCUT2D eigenvalue weighted by Crippen LogP contribution is 2.25. The summed E-state index contributed by atoms with van der Waals surface area (Å²) in [5, 5.41) is 7.27. The van der Waals surface area contributed by atoms with Gasteiger partial charge in [0.25, 0.3) is 5.91 Å². The number of halogens is 2. The van der Waals surface area contributed by atoms with Gasteiger partial charge in [0.2, 0.25) is 0 Å². The average molecular weight is 337 g/mol. The van der Waals surface area contributed by atoms with Crippen LogP contribution in [0, 0.1) is 6.92 Å². The largest absolute Gasteiger partial charge is 0.386 e. The van der Waals surface area contributed by atoms with E-state index in [1.165, 1.54) is 0 Å². The zero-order valence-corrected chi connectivity index (χ0v) is 13.4. The van der Waals surface area contributed by atoms with Crippen molar-refractivity contribution >= 4 is 41.0 Å². The average Bonchev–Trinajstić information content (AvgIpc) is 2.49. The molecule has 0 fully saturated rings. The first-order valence-electron chi connectivity index (χ1n) is 6.52. The van der Waals surface area contributed by atoms with E-state index in [2.05, 4.69) is 10.5 Å². The first-order valence-corrected chi connectivity index (χ1v) is 7.28. The lowest BCUT2D eigenvalue weighted by Gasteiger charge is -2.06. The number of amides is 1. The van der Waals surface area contributed by atoms with Crippen molar-refractivity contribution in [3.63, 3.8) is 0 Å². The highest BCUT2D eigenvalue weighted by molar-refractivity contribution is 6.35. The van der Waals surface area contributed by atoms with Crippen LogP contribution in [0.3, 0.4) is 0 Å². The first kappa shape index (κ1) is 16.3. The van der Waals surface area contributed by atoms with E-state index >= 15 is 0 Å². The first-order chi connectivity index (χ1) is 10.6. The van der Waals surface area contributed by atoms with Crippen molar-refractivity contribution in [3.05, 3.63) is 63.6 Å². The SMILES string of the molecule is Cc1ccccc1/C=N\OCC(=O)Nc1cc(Cl)ccc1Cl. The number of nitrogens with one attached hydrogen (secondary N) is 1. The molecule has 0 atom stereocenters. The lowest BCUT2D eigenvalue weighted by molar-refractivity contribution is -0.120. The van der Waals surface area contributed by atoms with Gasteiger partial charge in [-0.3, -0.25) is 4.79 Å². The summed E-state index contributed by atoms with van der Waals surface area (Å²) < 4.78 is 0. The summed E-state index contributed by atoms with van der Waals surface area (Å²) >= 11 is 11.8. The van der Waals surface area contributed by atoms with Crippen LogP contribution in [0.4, 0.5) is 5.69 Å². The minimum atomic E-state index is -0.369. The van der Waals surface area contributed by atoms with E-state index in [-0.39, 0.29) is 12.5 Å². The van der Waals surface area contributed by atoms with Crippen molar-refractivity contribution in [2.24, 2.45) is 5.16 Å². The van der Waals surface area contributed by atoms with E-state index in [0.29, 0.717) is 15.7 Å². The Morgan fingerprint density at radius 2 is 2.05 bits per heavy atom. The maximum atomic E-state index is 11.7. The van der Waals surface area contributed by atoms with Crippen LogP contribution in [0.2, 0.25) is 10.0 Å². The summed E-state index contributed by atoms with van der Waals surface area (Å²) in [6, 6.07) is 12.5. The molecule has 2 rings (SSSR count). The fourth-order valence-electron chi connectivity index (χ4n) is 1.70. The van der Waals surface area contributed by atoms with Crippen LogP contribution < -0.4 is 5.32 Å². The van der Waals surface area contributed by atoms with Crippen LogP contribution >= 0.6 is 23.2 Å². The van der Waals surface area contributed by atoms with Crippen molar-refractivity contribution in [3.8, 4) is 0 Å². The molecule has 0 aromatic heterocycles. The molecular weight excluding hydrogens is 323 g/mol. The number of nitrogens with zero attached hydrogens (tertiary/aromatic N) is 1. The Labute approximate surface area is 138 Å². The van der Waals surface area contributed by atoms with Crippen molar-refractivity contribution in [1.29, 1.82) is 0 Å². The van der Waals surface area contributed by atoms with Crippen molar-refractivity contribution in [1.82, 2.24) is 0 Å². The van der Waals surface area contributed by atoms with Crippen molar-refractivity contribution in [2.75, 3.05) is 11.9 Å². The van der Waals surface area contributed by atoms with Gasteiger partial charge >= 0.3 is 0 Å².